The average Bonchev–Trinajstić information content (AvgIpc) is 2.98. The van der Waals surface area contributed by atoms with Gasteiger partial charge in [0.25, 0.3) is 0 Å². The lowest BCUT2D eigenvalue weighted by atomic mass is 10.0. The molecule has 1 aromatic heterocycles. The van der Waals surface area contributed by atoms with Crippen molar-refractivity contribution < 1.29 is 4.74 Å². The van der Waals surface area contributed by atoms with E-state index in [2.05, 4.69) is 43.1 Å². The van der Waals surface area contributed by atoms with E-state index in [0.29, 0.717) is 24.2 Å². The Morgan fingerprint density at radius 3 is 2.85 bits per heavy atom. The quantitative estimate of drug-likeness (QED) is 0.830. The molecule has 5 heteroatoms. The molecule has 0 radical (unpaired) electrons. The fourth-order valence-corrected chi connectivity index (χ4v) is 2.87. The molecule has 1 aromatic rings. The summed E-state index contributed by atoms with van der Waals surface area (Å²) in [6.07, 6.45) is 5.53. The summed E-state index contributed by atoms with van der Waals surface area (Å²) >= 11 is 0. The number of aromatic nitrogens is 3. The van der Waals surface area contributed by atoms with E-state index in [9.17, 15) is 0 Å². The van der Waals surface area contributed by atoms with Crippen LogP contribution >= 0.6 is 0 Å². The topological polar surface area (TPSA) is 52.0 Å². The van der Waals surface area contributed by atoms with E-state index in [1.807, 2.05) is 4.68 Å². The van der Waals surface area contributed by atoms with Gasteiger partial charge in [0, 0.05) is 19.0 Å². The fourth-order valence-electron chi connectivity index (χ4n) is 2.87. The highest BCUT2D eigenvalue weighted by atomic mass is 16.5. The molecule has 0 saturated carbocycles. The number of hydrogen-bond acceptors (Lipinski definition) is 4. The molecule has 0 bridgehead atoms. The van der Waals surface area contributed by atoms with E-state index < -0.39 is 0 Å². The highest BCUT2D eigenvalue weighted by Gasteiger charge is 2.30. The Kier molecular flexibility index (Phi) is 5.54. The highest BCUT2D eigenvalue weighted by molar-refractivity contribution is 4.94. The molecule has 5 nitrogen and oxygen atoms in total. The molecule has 1 saturated heterocycles. The maximum Gasteiger partial charge on any atom is 0.138 e. The van der Waals surface area contributed by atoms with Crippen molar-refractivity contribution in [2.75, 3.05) is 6.54 Å². The summed E-state index contributed by atoms with van der Waals surface area (Å²) < 4.78 is 8.06. The minimum atomic E-state index is 0.300. The lowest BCUT2D eigenvalue weighted by Gasteiger charge is -2.24. The zero-order valence-electron chi connectivity index (χ0n) is 13.2. The van der Waals surface area contributed by atoms with E-state index >= 15 is 0 Å². The number of ether oxygens (including phenoxy) is 1. The van der Waals surface area contributed by atoms with Gasteiger partial charge in [0.15, 0.2) is 0 Å². The van der Waals surface area contributed by atoms with E-state index in [-0.39, 0.29) is 0 Å². The minimum absolute atomic E-state index is 0.300. The summed E-state index contributed by atoms with van der Waals surface area (Å²) in [5.41, 5.74) is 0. The summed E-state index contributed by atoms with van der Waals surface area (Å²) in [6, 6.07) is 0.333. The van der Waals surface area contributed by atoms with Crippen LogP contribution in [-0.4, -0.2) is 39.6 Å². The second kappa shape index (κ2) is 7.18. The Balaban J connectivity index is 2.02. The van der Waals surface area contributed by atoms with Crippen molar-refractivity contribution in [3.05, 3.63) is 12.2 Å². The second-order valence-electron chi connectivity index (χ2n) is 6.18. The third-order valence-electron chi connectivity index (χ3n) is 3.82. The van der Waals surface area contributed by atoms with Crippen LogP contribution in [0.2, 0.25) is 0 Å². The van der Waals surface area contributed by atoms with Crippen LogP contribution in [-0.2, 0) is 17.7 Å². The Morgan fingerprint density at radius 1 is 1.45 bits per heavy atom. The molecule has 2 rings (SSSR count). The molecule has 1 aliphatic rings. The van der Waals surface area contributed by atoms with Crippen LogP contribution in [0, 0.1) is 5.92 Å². The number of nitrogens with zero attached hydrogens (tertiary/aromatic N) is 3. The van der Waals surface area contributed by atoms with Crippen molar-refractivity contribution in [2.45, 2.75) is 71.8 Å². The molecular formula is C15H28N4O. The molecule has 0 aromatic carbocycles. The summed E-state index contributed by atoms with van der Waals surface area (Å²) in [5, 5.41) is 7.91. The van der Waals surface area contributed by atoms with Crippen molar-refractivity contribution in [2.24, 2.45) is 5.92 Å². The predicted octanol–water partition coefficient (Wildman–Crippen LogP) is 2.02. The van der Waals surface area contributed by atoms with Gasteiger partial charge in [0.2, 0.25) is 0 Å². The Bertz CT molecular complexity index is 404. The SMILES string of the molecule is CCNC(Cc1ncnn1CC(C)C)C1CCC(C)O1. The van der Waals surface area contributed by atoms with Gasteiger partial charge in [-0.15, -0.1) is 0 Å². The lowest BCUT2D eigenvalue weighted by molar-refractivity contribution is 0.0317. The van der Waals surface area contributed by atoms with Gasteiger partial charge in [-0.1, -0.05) is 20.8 Å². The van der Waals surface area contributed by atoms with E-state index in [1.54, 1.807) is 6.33 Å². The highest BCUT2D eigenvalue weighted by Crippen LogP contribution is 2.23. The van der Waals surface area contributed by atoms with Crippen LogP contribution in [0.25, 0.3) is 0 Å². The largest absolute Gasteiger partial charge is 0.374 e. The first-order chi connectivity index (χ1) is 9.60. The Hall–Kier alpha value is -0.940. The number of hydrogen-bond donors (Lipinski definition) is 1. The van der Waals surface area contributed by atoms with Gasteiger partial charge in [-0.3, -0.25) is 0 Å². The molecule has 0 spiro atoms. The summed E-state index contributed by atoms with van der Waals surface area (Å²) in [4.78, 5) is 4.44. The second-order valence-corrected chi connectivity index (χ2v) is 6.18. The standard InChI is InChI=1S/C15H28N4O/c1-5-16-13(14-7-6-12(4)20-14)8-15-17-10-18-19(15)9-11(2)3/h10-14,16H,5-9H2,1-4H3. The van der Waals surface area contributed by atoms with Crippen molar-refractivity contribution in [1.29, 1.82) is 0 Å². The molecule has 0 aliphatic carbocycles. The smallest absolute Gasteiger partial charge is 0.138 e. The number of rotatable bonds is 7. The third-order valence-corrected chi connectivity index (χ3v) is 3.82. The van der Waals surface area contributed by atoms with Gasteiger partial charge >= 0.3 is 0 Å². The molecule has 3 atom stereocenters. The molecule has 1 aliphatic heterocycles. The number of likely N-dealkylation sites (N-methyl/N-ethyl adjacent to an activating group) is 1. The third kappa shape index (κ3) is 4.03. The maximum atomic E-state index is 6.03. The van der Waals surface area contributed by atoms with Gasteiger partial charge in [0.1, 0.15) is 12.2 Å². The van der Waals surface area contributed by atoms with Crippen LogP contribution in [0.5, 0.6) is 0 Å². The lowest BCUT2D eigenvalue weighted by Crippen LogP contribution is -2.42. The monoisotopic (exact) mass is 280 g/mol. The molecule has 1 N–H and O–H groups in total. The molecule has 20 heavy (non-hydrogen) atoms. The van der Waals surface area contributed by atoms with Gasteiger partial charge < -0.3 is 10.1 Å². The molecule has 0 amide bonds. The molecular weight excluding hydrogens is 252 g/mol. The van der Waals surface area contributed by atoms with Crippen LogP contribution in [0.1, 0.15) is 46.4 Å². The van der Waals surface area contributed by atoms with Crippen molar-refractivity contribution >= 4 is 0 Å². The summed E-state index contributed by atoms with van der Waals surface area (Å²) in [7, 11) is 0. The van der Waals surface area contributed by atoms with E-state index in [4.69, 9.17) is 4.74 Å². The van der Waals surface area contributed by atoms with Crippen LogP contribution in [0.3, 0.4) is 0 Å². The van der Waals surface area contributed by atoms with Crippen molar-refractivity contribution in [3.63, 3.8) is 0 Å². The predicted molar refractivity (Wildman–Crippen MR) is 79.6 cm³/mol. The summed E-state index contributed by atoms with van der Waals surface area (Å²) in [6.45, 7) is 10.6. The fraction of sp³-hybridized carbons (Fsp3) is 0.867. The Labute approximate surface area is 122 Å². The van der Waals surface area contributed by atoms with Gasteiger partial charge in [-0.25, -0.2) is 9.67 Å². The van der Waals surface area contributed by atoms with Gasteiger partial charge in [0.05, 0.1) is 12.2 Å². The van der Waals surface area contributed by atoms with Crippen molar-refractivity contribution in [3.8, 4) is 0 Å². The van der Waals surface area contributed by atoms with Crippen LogP contribution in [0.4, 0.5) is 0 Å². The first-order valence-corrected chi connectivity index (χ1v) is 7.85. The van der Waals surface area contributed by atoms with Gasteiger partial charge in [-0.05, 0) is 32.2 Å². The zero-order chi connectivity index (χ0) is 14.5. The van der Waals surface area contributed by atoms with E-state index in [0.717, 1.165) is 38.2 Å². The molecule has 114 valence electrons. The molecule has 2 heterocycles. The summed E-state index contributed by atoms with van der Waals surface area (Å²) in [5.74, 6) is 1.64. The van der Waals surface area contributed by atoms with Gasteiger partial charge in [-0.2, -0.15) is 5.10 Å². The zero-order valence-corrected chi connectivity index (χ0v) is 13.2. The Morgan fingerprint density at radius 2 is 2.25 bits per heavy atom. The first-order valence-electron chi connectivity index (χ1n) is 7.85. The number of nitrogens with one attached hydrogen (secondary N) is 1. The van der Waals surface area contributed by atoms with Crippen LogP contribution < -0.4 is 5.32 Å². The molecule has 1 fully saturated rings. The van der Waals surface area contributed by atoms with Crippen LogP contribution in [0.15, 0.2) is 6.33 Å². The first kappa shape index (κ1) is 15.4. The van der Waals surface area contributed by atoms with Crippen molar-refractivity contribution in [1.82, 2.24) is 20.1 Å². The minimum Gasteiger partial charge on any atom is -0.374 e. The maximum absolute atomic E-state index is 6.03. The molecule has 3 unspecified atom stereocenters. The normalized spacial score (nSPS) is 24.4. The average molecular weight is 280 g/mol. The van der Waals surface area contributed by atoms with E-state index in [1.165, 1.54) is 0 Å².